The van der Waals surface area contributed by atoms with Crippen LogP contribution in [0.4, 0.5) is 0 Å². The van der Waals surface area contributed by atoms with Gasteiger partial charge in [0.15, 0.2) is 5.84 Å². The Balaban J connectivity index is 4.25. The summed E-state index contributed by atoms with van der Waals surface area (Å²) in [6, 6.07) is -0.385. The zero-order valence-electron chi connectivity index (χ0n) is 12.2. The fourth-order valence-electron chi connectivity index (χ4n) is 2.14. The summed E-state index contributed by atoms with van der Waals surface area (Å²) in [6.07, 6.45) is 2.06. The van der Waals surface area contributed by atoms with Crippen LogP contribution in [-0.2, 0) is 4.79 Å². The monoisotopic (exact) mass is 257 g/mol. The van der Waals surface area contributed by atoms with E-state index in [0.717, 1.165) is 6.42 Å². The second-order valence-electron chi connectivity index (χ2n) is 6.13. The Labute approximate surface area is 110 Å². The van der Waals surface area contributed by atoms with E-state index >= 15 is 0 Å². The van der Waals surface area contributed by atoms with Gasteiger partial charge in [0.05, 0.1) is 6.04 Å². The first-order valence-electron chi connectivity index (χ1n) is 6.46. The summed E-state index contributed by atoms with van der Waals surface area (Å²) in [4.78, 5) is 11.8. The van der Waals surface area contributed by atoms with E-state index in [2.05, 4.69) is 38.2 Å². The highest BCUT2D eigenvalue weighted by atomic mass is 16.4. The van der Waals surface area contributed by atoms with Gasteiger partial charge in [0.2, 0.25) is 5.91 Å². The number of nitrogens with one attached hydrogen (secondary N) is 1. The van der Waals surface area contributed by atoms with Crippen LogP contribution in [-0.4, -0.2) is 23.0 Å². The normalized spacial score (nSPS) is 16.2. The lowest BCUT2D eigenvalue weighted by Crippen LogP contribution is -2.44. The largest absolute Gasteiger partial charge is 0.409 e. The van der Waals surface area contributed by atoms with Crippen molar-refractivity contribution in [3.63, 3.8) is 0 Å². The van der Waals surface area contributed by atoms with Crippen molar-refractivity contribution in [1.82, 2.24) is 5.32 Å². The summed E-state index contributed by atoms with van der Waals surface area (Å²) >= 11 is 0. The first-order valence-corrected chi connectivity index (χ1v) is 6.46. The summed E-state index contributed by atoms with van der Waals surface area (Å²) in [5.74, 6) is 0.314. The topological polar surface area (TPSA) is 87.7 Å². The van der Waals surface area contributed by atoms with Crippen LogP contribution in [0.5, 0.6) is 0 Å². The van der Waals surface area contributed by atoms with E-state index in [9.17, 15) is 4.79 Å². The van der Waals surface area contributed by atoms with Crippen molar-refractivity contribution in [3.05, 3.63) is 0 Å². The molecule has 0 aromatic carbocycles. The zero-order chi connectivity index (χ0) is 14.3. The second-order valence-corrected chi connectivity index (χ2v) is 6.13. The van der Waals surface area contributed by atoms with E-state index < -0.39 is 0 Å². The van der Waals surface area contributed by atoms with Crippen molar-refractivity contribution < 1.29 is 10.0 Å². The predicted octanol–water partition coefficient (Wildman–Crippen LogP) is 2.09. The number of carbonyl (C=O) groups excluding carboxylic acids is 1. The van der Waals surface area contributed by atoms with Crippen molar-refractivity contribution in [2.45, 2.75) is 59.9 Å². The Morgan fingerprint density at radius 1 is 1.44 bits per heavy atom. The van der Waals surface area contributed by atoms with Gasteiger partial charge >= 0.3 is 0 Å². The quantitative estimate of drug-likeness (QED) is 0.295. The van der Waals surface area contributed by atoms with Crippen LogP contribution >= 0.6 is 0 Å². The summed E-state index contributed by atoms with van der Waals surface area (Å²) in [7, 11) is 0. The van der Waals surface area contributed by atoms with Gasteiger partial charge in [-0.2, -0.15) is 0 Å². The van der Waals surface area contributed by atoms with Gasteiger partial charge in [-0.3, -0.25) is 4.79 Å². The van der Waals surface area contributed by atoms with Crippen molar-refractivity contribution in [1.29, 1.82) is 0 Å². The Morgan fingerprint density at radius 3 is 2.39 bits per heavy atom. The fraction of sp³-hybridized carbons (Fsp3) is 0.846. The third kappa shape index (κ3) is 7.14. The molecule has 0 saturated carbocycles. The predicted molar refractivity (Wildman–Crippen MR) is 73.5 cm³/mol. The van der Waals surface area contributed by atoms with Crippen LogP contribution in [0.3, 0.4) is 0 Å². The van der Waals surface area contributed by atoms with Gasteiger partial charge in [0.25, 0.3) is 0 Å². The molecule has 106 valence electrons. The number of nitrogens with two attached hydrogens (primary N) is 1. The van der Waals surface area contributed by atoms with Crippen molar-refractivity contribution in [3.8, 4) is 0 Å². The molecule has 5 heteroatoms. The number of amides is 1. The molecule has 0 aromatic rings. The second kappa shape index (κ2) is 7.24. The molecule has 18 heavy (non-hydrogen) atoms. The number of nitrogens with zero attached hydrogens (tertiary/aromatic N) is 1. The van der Waals surface area contributed by atoms with Crippen molar-refractivity contribution in [2.24, 2.45) is 22.2 Å². The number of oxime groups is 1. The molecule has 5 nitrogen and oxygen atoms in total. The molecule has 4 N–H and O–H groups in total. The van der Waals surface area contributed by atoms with Gasteiger partial charge < -0.3 is 16.3 Å². The number of hydrogen-bond acceptors (Lipinski definition) is 3. The molecule has 2 unspecified atom stereocenters. The lowest BCUT2D eigenvalue weighted by Gasteiger charge is -2.23. The molecular formula is C13H27N3O2. The molecule has 0 aromatic heterocycles. The molecular weight excluding hydrogens is 230 g/mol. The van der Waals surface area contributed by atoms with E-state index in [-0.39, 0.29) is 23.2 Å². The van der Waals surface area contributed by atoms with Gasteiger partial charge in [-0.1, -0.05) is 39.8 Å². The highest BCUT2D eigenvalue weighted by Gasteiger charge is 2.20. The average Bonchev–Trinajstić information content (AvgIpc) is 2.21. The number of carbonyl (C=O) groups is 1. The lowest BCUT2D eigenvalue weighted by atomic mass is 9.84. The molecule has 0 spiro atoms. The molecule has 0 radical (unpaired) electrons. The standard InChI is InChI=1S/C13H27N3O2/c1-6-10(12(14)16-18)15-11(17)7-9(2)8-13(3,4)5/h9-10,18H,6-8H2,1-5H3,(H2,14,16)(H,15,17). The van der Waals surface area contributed by atoms with E-state index in [4.69, 9.17) is 10.9 Å². The van der Waals surface area contributed by atoms with Gasteiger partial charge in [-0.25, -0.2) is 0 Å². The van der Waals surface area contributed by atoms with Gasteiger partial charge in [-0.05, 0) is 24.2 Å². The molecule has 2 atom stereocenters. The van der Waals surface area contributed by atoms with E-state index in [0.29, 0.717) is 18.8 Å². The molecule has 0 aliphatic rings. The molecule has 0 fully saturated rings. The molecule has 0 bridgehead atoms. The van der Waals surface area contributed by atoms with Crippen LogP contribution < -0.4 is 11.1 Å². The van der Waals surface area contributed by atoms with Crippen molar-refractivity contribution in [2.75, 3.05) is 0 Å². The zero-order valence-corrected chi connectivity index (χ0v) is 12.2. The third-order valence-electron chi connectivity index (χ3n) is 2.71. The van der Waals surface area contributed by atoms with Crippen LogP contribution in [0.2, 0.25) is 0 Å². The maximum Gasteiger partial charge on any atom is 0.220 e. The molecule has 0 aliphatic carbocycles. The minimum absolute atomic E-state index is 0.0503. The Kier molecular flexibility index (Phi) is 6.73. The van der Waals surface area contributed by atoms with E-state index in [1.807, 2.05) is 6.92 Å². The highest BCUT2D eigenvalue weighted by Crippen LogP contribution is 2.25. The summed E-state index contributed by atoms with van der Waals surface area (Å²) < 4.78 is 0. The molecule has 0 heterocycles. The maximum atomic E-state index is 11.8. The molecule has 0 aliphatic heterocycles. The maximum absolute atomic E-state index is 11.8. The minimum atomic E-state index is -0.385. The van der Waals surface area contributed by atoms with Crippen LogP contribution in [0.25, 0.3) is 0 Å². The van der Waals surface area contributed by atoms with E-state index in [1.54, 1.807) is 0 Å². The first kappa shape index (κ1) is 16.7. The van der Waals surface area contributed by atoms with Crippen LogP contribution in [0, 0.1) is 11.3 Å². The minimum Gasteiger partial charge on any atom is -0.409 e. The van der Waals surface area contributed by atoms with E-state index in [1.165, 1.54) is 0 Å². The van der Waals surface area contributed by atoms with Crippen LogP contribution in [0.15, 0.2) is 5.16 Å². The Hall–Kier alpha value is -1.26. The SMILES string of the molecule is CCC(NC(=O)CC(C)CC(C)(C)C)/C(N)=N/O. The average molecular weight is 257 g/mol. The molecule has 0 rings (SSSR count). The Bertz CT molecular complexity index is 295. The smallest absolute Gasteiger partial charge is 0.220 e. The fourth-order valence-corrected chi connectivity index (χ4v) is 2.14. The first-order chi connectivity index (χ1) is 8.19. The Morgan fingerprint density at radius 2 is 2.00 bits per heavy atom. The van der Waals surface area contributed by atoms with Gasteiger partial charge in [0.1, 0.15) is 0 Å². The van der Waals surface area contributed by atoms with Gasteiger partial charge in [0, 0.05) is 6.42 Å². The highest BCUT2D eigenvalue weighted by molar-refractivity contribution is 5.89. The number of rotatable bonds is 6. The van der Waals surface area contributed by atoms with Crippen LogP contribution in [0.1, 0.15) is 53.9 Å². The number of hydrogen-bond donors (Lipinski definition) is 3. The van der Waals surface area contributed by atoms with Gasteiger partial charge in [-0.15, -0.1) is 0 Å². The summed E-state index contributed by atoms with van der Waals surface area (Å²) in [5, 5.41) is 14.3. The lowest BCUT2D eigenvalue weighted by molar-refractivity contribution is -0.122. The third-order valence-corrected chi connectivity index (χ3v) is 2.71. The molecule has 1 amide bonds. The molecule has 0 saturated heterocycles. The summed E-state index contributed by atoms with van der Waals surface area (Å²) in [6.45, 7) is 10.4. The van der Waals surface area contributed by atoms with Crippen molar-refractivity contribution >= 4 is 11.7 Å². The summed E-state index contributed by atoms with van der Waals surface area (Å²) in [5.41, 5.74) is 5.71. The number of amidine groups is 1.